The number of nitrogens with one attached hydrogen (secondary N) is 1. The van der Waals surface area contributed by atoms with Gasteiger partial charge in [-0.15, -0.1) is 11.3 Å². The summed E-state index contributed by atoms with van der Waals surface area (Å²) < 4.78 is 38.2. The Morgan fingerprint density at radius 1 is 1.04 bits per heavy atom. The summed E-state index contributed by atoms with van der Waals surface area (Å²) in [4.78, 5) is 36.3. The molecular formula is C13H7F3N2O5S. The van der Waals surface area contributed by atoms with Crippen molar-refractivity contribution in [3.8, 4) is 0 Å². The lowest BCUT2D eigenvalue weighted by molar-refractivity contribution is -0.141. The third-order valence-corrected chi connectivity index (χ3v) is 3.55. The van der Waals surface area contributed by atoms with Gasteiger partial charge >= 0.3 is 18.1 Å². The number of nitrogens with zero attached hydrogens (tertiary/aromatic N) is 1. The molecule has 0 spiro atoms. The highest BCUT2D eigenvalue weighted by atomic mass is 32.1. The van der Waals surface area contributed by atoms with Crippen LogP contribution in [0.1, 0.15) is 36.1 Å². The van der Waals surface area contributed by atoms with Gasteiger partial charge in [-0.1, -0.05) is 0 Å². The Kier molecular flexibility index (Phi) is 4.55. The summed E-state index contributed by atoms with van der Waals surface area (Å²) in [5, 5.41) is 19.9. The van der Waals surface area contributed by atoms with Crippen LogP contribution in [0.25, 0.3) is 0 Å². The standard InChI is InChI=1S/C13H7F3N2O5S/c14-13(15,16)9-8(24-4-17-9)10(19)18-7-2-5(11(20)21)1-6(3-7)12(22)23/h1-4H,(H,18,19)(H,20,21)(H,22,23). The van der Waals surface area contributed by atoms with E-state index in [-0.39, 0.29) is 5.69 Å². The predicted molar refractivity (Wildman–Crippen MR) is 75.4 cm³/mol. The van der Waals surface area contributed by atoms with Crippen molar-refractivity contribution in [1.82, 2.24) is 4.98 Å². The molecule has 1 aromatic carbocycles. The van der Waals surface area contributed by atoms with E-state index in [1.807, 2.05) is 0 Å². The van der Waals surface area contributed by atoms with E-state index in [0.717, 1.165) is 23.7 Å². The Morgan fingerprint density at radius 3 is 2.04 bits per heavy atom. The van der Waals surface area contributed by atoms with Gasteiger partial charge in [0.1, 0.15) is 4.88 Å². The molecule has 0 aliphatic heterocycles. The van der Waals surface area contributed by atoms with Crippen molar-refractivity contribution in [2.75, 3.05) is 5.32 Å². The predicted octanol–water partition coefficient (Wildman–Crippen LogP) is 2.81. The summed E-state index contributed by atoms with van der Waals surface area (Å²) in [6.07, 6.45) is -4.83. The molecule has 0 saturated carbocycles. The van der Waals surface area contributed by atoms with Crippen molar-refractivity contribution in [3.63, 3.8) is 0 Å². The maximum absolute atomic E-state index is 12.7. The number of aromatic nitrogens is 1. The molecule has 3 N–H and O–H groups in total. The monoisotopic (exact) mass is 360 g/mol. The Bertz CT molecular complexity index is 799. The van der Waals surface area contributed by atoms with Gasteiger partial charge in [-0.3, -0.25) is 4.79 Å². The summed E-state index contributed by atoms with van der Waals surface area (Å²) in [6, 6.07) is 2.72. The molecule has 0 aliphatic carbocycles. The molecule has 0 unspecified atom stereocenters. The first kappa shape index (κ1) is 17.4. The molecule has 24 heavy (non-hydrogen) atoms. The summed E-state index contributed by atoms with van der Waals surface area (Å²) in [5.41, 5.74) is -1.68. The third-order valence-electron chi connectivity index (χ3n) is 2.73. The number of hydrogen-bond donors (Lipinski definition) is 3. The SMILES string of the molecule is O=C(O)c1cc(NC(=O)c2scnc2C(F)(F)F)cc(C(=O)O)c1. The zero-order valence-corrected chi connectivity index (χ0v) is 12.2. The van der Waals surface area contributed by atoms with Gasteiger partial charge in [0.15, 0.2) is 5.69 Å². The molecule has 0 atom stereocenters. The van der Waals surface area contributed by atoms with Crippen molar-refractivity contribution in [2.45, 2.75) is 6.18 Å². The van der Waals surface area contributed by atoms with Crippen LogP contribution in [0.4, 0.5) is 18.9 Å². The van der Waals surface area contributed by atoms with Crippen LogP contribution in [0.15, 0.2) is 23.7 Å². The van der Waals surface area contributed by atoms with Crippen LogP contribution in [0.5, 0.6) is 0 Å². The first-order valence-electron chi connectivity index (χ1n) is 6.03. The van der Waals surface area contributed by atoms with Crippen LogP contribution >= 0.6 is 11.3 Å². The van der Waals surface area contributed by atoms with Gasteiger partial charge in [-0.25, -0.2) is 14.6 Å². The molecule has 0 fully saturated rings. The second kappa shape index (κ2) is 6.28. The number of amides is 1. The lowest BCUT2D eigenvalue weighted by Crippen LogP contribution is -2.17. The van der Waals surface area contributed by atoms with Gasteiger partial charge in [0.2, 0.25) is 0 Å². The number of carbonyl (C=O) groups excluding carboxylic acids is 1. The lowest BCUT2D eigenvalue weighted by atomic mass is 10.1. The van der Waals surface area contributed by atoms with Crippen LogP contribution in [0, 0.1) is 0 Å². The molecule has 2 aromatic rings. The molecule has 1 aromatic heterocycles. The topological polar surface area (TPSA) is 117 Å². The van der Waals surface area contributed by atoms with E-state index in [4.69, 9.17) is 10.2 Å². The molecule has 0 bridgehead atoms. The van der Waals surface area contributed by atoms with E-state index >= 15 is 0 Å². The smallest absolute Gasteiger partial charge is 0.434 e. The molecule has 1 amide bonds. The van der Waals surface area contributed by atoms with Crippen LogP contribution < -0.4 is 5.32 Å². The number of halogens is 3. The fraction of sp³-hybridized carbons (Fsp3) is 0.0769. The van der Waals surface area contributed by atoms with Crippen LogP contribution in [0.2, 0.25) is 0 Å². The van der Waals surface area contributed by atoms with E-state index in [0.29, 0.717) is 11.3 Å². The Balaban J connectivity index is 2.38. The maximum Gasteiger partial charge on any atom is 0.434 e. The number of benzene rings is 1. The molecule has 0 radical (unpaired) electrons. The number of aromatic carboxylic acids is 2. The van der Waals surface area contributed by atoms with Crippen molar-refractivity contribution in [2.24, 2.45) is 0 Å². The third kappa shape index (κ3) is 3.68. The van der Waals surface area contributed by atoms with Crippen LogP contribution in [0.3, 0.4) is 0 Å². The lowest BCUT2D eigenvalue weighted by Gasteiger charge is -2.09. The molecule has 0 saturated heterocycles. The molecule has 126 valence electrons. The number of thiazole rings is 1. The average molecular weight is 360 g/mol. The van der Waals surface area contributed by atoms with Crippen LogP contribution in [-0.2, 0) is 6.18 Å². The second-order valence-electron chi connectivity index (χ2n) is 4.39. The zero-order valence-electron chi connectivity index (χ0n) is 11.4. The number of alkyl halides is 3. The molecule has 7 nitrogen and oxygen atoms in total. The van der Waals surface area contributed by atoms with E-state index < -0.39 is 45.7 Å². The normalized spacial score (nSPS) is 11.1. The molecular weight excluding hydrogens is 353 g/mol. The summed E-state index contributed by atoms with van der Waals surface area (Å²) in [6.45, 7) is 0. The van der Waals surface area contributed by atoms with Crippen molar-refractivity contribution >= 4 is 34.9 Å². The van der Waals surface area contributed by atoms with E-state index in [2.05, 4.69) is 10.3 Å². The molecule has 11 heteroatoms. The molecule has 2 rings (SSSR count). The summed E-state index contributed by atoms with van der Waals surface area (Å²) in [7, 11) is 0. The minimum absolute atomic E-state index is 0.265. The quantitative estimate of drug-likeness (QED) is 0.772. The Morgan fingerprint density at radius 2 is 1.58 bits per heavy atom. The highest BCUT2D eigenvalue weighted by Gasteiger charge is 2.38. The van der Waals surface area contributed by atoms with Crippen molar-refractivity contribution < 1.29 is 37.8 Å². The fourth-order valence-electron chi connectivity index (χ4n) is 1.74. The van der Waals surface area contributed by atoms with E-state index in [1.54, 1.807) is 0 Å². The van der Waals surface area contributed by atoms with Gasteiger partial charge in [0.25, 0.3) is 5.91 Å². The first-order chi connectivity index (χ1) is 11.1. The second-order valence-corrected chi connectivity index (χ2v) is 5.25. The van der Waals surface area contributed by atoms with Gasteiger partial charge < -0.3 is 15.5 Å². The largest absolute Gasteiger partial charge is 0.478 e. The average Bonchev–Trinajstić information content (AvgIpc) is 2.96. The number of hydrogen-bond acceptors (Lipinski definition) is 5. The van der Waals surface area contributed by atoms with E-state index in [1.165, 1.54) is 0 Å². The zero-order chi connectivity index (χ0) is 18.1. The van der Waals surface area contributed by atoms with Gasteiger partial charge in [0.05, 0.1) is 16.6 Å². The fourth-order valence-corrected chi connectivity index (χ4v) is 2.45. The highest BCUT2D eigenvalue weighted by molar-refractivity contribution is 7.12. The molecule has 0 aliphatic rings. The number of carboxylic acids is 2. The van der Waals surface area contributed by atoms with Crippen LogP contribution in [-0.4, -0.2) is 33.0 Å². The first-order valence-corrected chi connectivity index (χ1v) is 6.91. The maximum atomic E-state index is 12.7. The molecule has 1 heterocycles. The Hall–Kier alpha value is -2.95. The van der Waals surface area contributed by atoms with E-state index in [9.17, 15) is 27.6 Å². The number of carboxylic acid groups (broad SMARTS) is 2. The number of anilines is 1. The minimum atomic E-state index is -4.83. The minimum Gasteiger partial charge on any atom is -0.478 e. The number of carbonyl (C=O) groups is 3. The van der Waals surface area contributed by atoms with Crippen molar-refractivity contribution in [3.05, 3.63) is 45.4 Å². The Labute approximate surface area is 135 Å². The highest BCUT2D eigenvalue weighted by Crippen LogP contribution is 2.33. The van der Waals surface area contributed by atoms with Gasteiger partial charge in [0, 0.05) is 5.69 Å². The number of rotatable bonds is 4. The van der Waals surface area contributed by atoms with Crippen molar-refractivity contribution in [1.29, 1.82) is 0 Å². The van der Waals surface area contributed by atoms with Gasteiger partial charge in [-0.05, 0) is 18.2 Å². The van der Waals surface area contributed by atoms with Gasteiger partial charge in [-0.2, -0.15) is 13.2 Å². The summed E-state index contributed by atoms with van der Waals surface area (Å²) >= 11 is 0.449. The summed E-state index contributed by atoms with van der Waals surface area (Å²) in [5.74, 6) is -4.09.